The van der Waals surface area contributed by atoms with Crippen molar-refractivity contribution in [2.24, 2.45) is 0 Å². The van der Waals surface area contributed by atoms with Crippen LogP contribution in [0.15, 0.2) is 45.3 Å². The highest BCUT2D eigenvalue weighted by Crippen LogP contribution is 2.31. The number of nitrogens with zero attached hydrogens (tertiary/aromatic N) is 3. The molecule has 0 unspecified atom stereocenters. The molecule has 4 aromatic rings. The number of aromatic nitrogens is 3. The minimum atomic E-state index is -0.461. The number of oxazole rings is 1. The number of hydrogen-bond donors (Lipinski definition) is 1. The molecule has 0 bridgehead atoms. The molecule has 0 saturated carbocycles. The van der Waals surface area contributed by atoms with Crippen molar-refractivity contribution in [3.63, 3.8) is 0 Å². The number of aryl methyl sites for hydroxylation is 2. The second-order valence-electron chi connectivity index (χ2n) is 6.72. The van der Waals surface area contributed by atoms with Crippen LogP contribution in [0.5, 0.6) is 0 Å². The molecular weight excluding hydrogens is 375 g/mol. The summed E-state index contributed by atoms with van der Waals surface area (Å²) in [6.07, 6.45) is 0.618. The number of fused-ring (bicyclic) bond motifs is 1. The van der Waals surface area contributed by atoms with E-state index in [1.54, 1.807) is 38.1 Å². The second-order valence-corrected chi connectivity index (χ2v) is 6.72. The van der Waals surface area contributed by atoms with Crippen molar-refractivity contribution in [1.82, 2.24) is 20.4 Å². The first-order valence-electron chi connectivity index (χ1n) is 9.25. The van der Waals surface area contributed by atoms with Crippen LogP contribution in [0.2, 0.25) is 0 Å². The molecule has 0 radical (unpaired) electrons. The van der Waals surface area contributed by atoms with E-state index in [-0.39, 0.29) is 11.7 Å². The number of carbonyl (C=O) groups is 1. The first kappa shape index (κ1) is 18.8. The molecule has 2 heterocycles. The number of rotatable bonds is 5. The zero-order valence-corrected chi connectivity index (χ0v) is 16.2. The molecule has 8 heteroatoms. The van der Waals surface area contributed by atoms with E-state index in [9.17, 15) is 9.18 Å². The highest BCUT2D eigenvalue weighted by molar-refractivity contribution is 6.02. The van der Waals surface area contributed by atoms with Gasteiger partial charge in [-0.25, -0.2) is 9.37 Å². The molecule has 2 aromatic heterocycles. The van der Waals surface area contributed by atoms with Crippen molar-refractivity contribution in [3.8, 4) is 11.1 Å². The van der Waals surface area contributed by atoms with Gasteiger partial charge in [0, 0.05) is 17.5 Å². The molecule has 0 spiro atoms. The molecule has 0 aliphatic carbocycles. The number of amides is 1. The minimum absolute atomic E-state index is 0.320. The standard InChI is InChI=1S/C21H19FN4O3/c1-4-18-25-17-10-14(20(27)23-11(2)21-24-12(3)26-29-21)9-16(19(17)28-18)13-5-7-15(22)8-6-13/h5-11H,4H2,1-3H3,(H,23,27)/t11-/m1/s1. The van der Waals surface area contributed by atoms with Gasteiger partial charge in [-0.1, -0.05) is 24.2 Å². The predicted octanol–water partition coefficient (Wildman–Crippen LogP) is 4.38. The molecule has 4 rings (SSSR count). The molecule has 0 aliphatic rings. The van der Waals surface area contributed by atoms with Crippen molar-refractivity contribution in [2.45, 2.75) is 33.2 Å². The van der Waals surface area contributed by atoms with Gasteiger partial charge in [-0.05, 0) is 43.7 Å². The van der Waals surface area contributed by atoms with Crippen molar-refractivity contribution >= 4 is 17.0 Å². The maximum Gasteiger partial charge on any atom is 0.252 e. The number of benzene rings is 2. The smallest absolute Gasteiger partial charge is 0.252 e. The molecule has 1 amide bonds. The maximum atomic E-state index is 13.4. The van der Waals surface area contributed by atoms with Crippen LogP contribution in [0.1, 0.15) is 47.9 Å². The lowest BCUT2D eigenvalue weighted by atomic mass is 10.0. The summed E-state index contributed by atoms with van der Waals surface area (Å²) in [5.41, 5.74) is 2.92. The zero-order chi connectivity index (χ0) is 20.5. The van der Waals surface area contributed by atoms with Crippen LogP contribution in [0.3, 0.4) is 0 Å². The third kappa shape index (κ3) is 3.73. The van der Waals surface area contributed by atoms with Gasteiger partial charge in [0.2, 0.25) is 5.89 Å². The van der Waals surface area contributed by atoms with E-state index in [0.29, 0.717) is 46.3 Å². The second kappa shape index (κ2) is 7.46. The van der Waals surface area contributed by atoms with Gasteiger partial charge in [0.15, 0.2) is 17.3 Å². The summed E-state index contributed by atoms with van der Waals surface area (Å²) in [5.74, 6) is 0.728. The van der Waals surface area contributed by atoms with Gasteiger partial charge < -0.3 is 14.3 Å². The van der Waals surface area contributed by atoms with E-state index in [1.807, 2.05) is 6.92 Å². The summed E-state index contributed by atoms with van der Waals surface area (Å²) in [5, 5.41) is 6.59. The minimum Gasteiger partial charge on any atom is -0.440 e. The Bertz CT molecular complexity index is 1180. The van der Waals surface area contributed by atoms with Crippen LogP contribution < -0.4 is 5.32 Å². The Kier molecular flexibility index (Phi) is 4.84. The Hall–Kier alpha value is -3.55. The highest BCUT2D eigenvalue weighted by Gasteiger charge is 2.20. The summed E-state index contributed by atoms with van der Waals surface area (Å²) in [7, 11) is 0. The third-order valence-electron chi connectivity index (χ3n) is 4.52. The van der Waals surface area contributed by atoms with Crippen LogP contribution in [0, 0.1) is 12.7 Å². The van der Waals surface area contributed by atoms with E-state index in [4.69, 9.17) is 8.94 Å². The van der Waals surface area contributed by atoms with Crippen LogP contribution >= 0.6 is 0 Å². The van der Waals surface area contributed by atoms with Gasteiger partial charge in [0.05, 0.1) is 0 Å². The Morgan fingerprint density at radius 3 is 2.62 bits per heavy atom. The first-order chi connectivity index (χ1) is 13.9. The summed E-state index contributed by atoms with van der Waals surface area (Å²) in [6, 6.07) is 8.94. The Morgan fingerprint density at radius 2 is 1.97 bits per heavy atom. The number of halogens is 1. The van der Waals surface area contributed by atoms with Crippen LogP contribution in [-0.4, -0.2) is 21.0 Å². The largest absolute Gasteiger partial charge is 0.440 e. The lowest BCUT2D eigenvalue weighted by Gasteiger charge is -2.11. The Labute approximate surface area is 165 Å². The van der Waals surface area contributed by atoms with Gasteiger partial charge in [0.25, 0.3) is 5.91 Å². The van der Waals surface area contributed by atoms with Gasteiger partial charge in [0.1, 0.15) is 17.4 Å². The lowest BCUT2D eigenvalue weighted by molar-refractivity contribution is 0.0932. The quantitative estimate of drug-likeness (QED) is 0.540. The van der Waals surface area contributed by atoms with Gasteiger partial charge in [-0.15, -0.1) is 0 Å². The summed E-state index contributed by atoms with van der Waals surface area (Å²) in [6.45, 7) is 5.40. The molecule has 2 aromatic carbocycles. The fourth-order valence-electron chi connectivity index (χ4n) is 3.04. The van der Waals surface area contributed by atoms with E-state index in [0.717, 1.165) is 5.56 Å². The molecule has 0 fully saturated rings. The molecule has 1 N–H and O–H groups in total. The SMILES string of the molecule is CCc1nc2cc(C(=O)N[C@H](C)c3nc(C)no3)cc(-c3ccc(F)cc3)c2o1. The fraction of sp³-hybridized carbons (Fsp3) is 0.238. The normalized spacial score (nSPS) is 12.3. The highest BCUT2D eigenvalue weighted by atomic mass is 19.1. The summed E-state index contributed by atoms with van der Waals surface area (Å²) >= 11 is 0. The van der Waals surface area contributed by atoms with E-state index >= 15 is 0 Å². The van der Waals surface area contributed by atoms with Gasteiger partial charge in [-0.3, -0.25) is 4.79 Å². The van der Waals surface area contributed by atoms with Crippen LogP contribution in [0.25, 0.3) is 22.2 Å². The van der Waals surface area contributed by atoms with Crippen molar-refractivity contribution in [3.05, 3.63) is 65.4 Å². The zero-order valence-electron chi connectivity index (χ0n) is 16.2. The van der Waals surface area contributed by atoms with Crippen molar-refractivity contribution in [2.75, 3.05) is 0 Å². The number of hydrogen-bond acceptors (Lipinski definition) is 6. The maximum absolute atomic E-state index is 13.4. The monoisotopic (exact) mass is 394 g/mol. The number of carbonyl (C=O) groups excluding carboxylic acids is 1. The molecule has 29 heavy (non-hydrogen) atoms. The molecule has 1 atom stereocenters. The number of nitrogens with one attached hydrogen (secondary N) is 1. The topological polar surface area (TPSA) is 94.1 Å². The van der Waals surface area contributed by atoms with Crippen LogP contribution in [0.4, 0.5) is 4.39 Å². The first-order valence-corrected chi connectivity index (χ1v) is 9.25. The van der Waals surface area contributed by atoms with Crippen molar-refractivity contribution in [1.29, 1.82) is 0 Å². The summed E-state index contributed by atoms with van der Waals surface area (Å²) < 4.78 is 24.3. The lowest BCUT2D eigenvalue weighted by Crippen LogP contribution is -2.26. The van der Waals surface area contributed by atoms with E-state index < -0.39 is 6.04 Å². The fourth-order valence-corrected chi connectivity index (χ4v) is 3.04. The molecule has 148 valence electrons. The Balaban J connectivity index is 1.74. The van der Waals surface area contributed by atoms with E-state index in [1.165, 1.54) is 12.1 Å². The van der Waals surface area contributed by atoms with Gasteiger partial charge in [-0.2, -0.15) is 4.98 Å². The predicted molar refractivity (Wildman–Crippen MR) is 104 cm³/mol. The van der Waals surface area contributed by atoms with E-state index in [2.05, 4.69) is 20.4 Å². The van der Waals surface area contributed by atoms with Crippen LogP contribution in [-0.2, 0) is 6.42 Å². The molecule has 0 aliphatic heterocycles. The molecule has 7 nitrogen and oxygen atoms in total. The van der Waals surface area contributed by atoms with Crippen molar-refractivity contribution < 1.29 is 18.1 Å². The third-order valence-corrected chi connectivity index (χ3v) is 4.52. The average Bonchev–Trinajstić information content (AvgIpc) is 3.33. The molecular formula is C21H19FN4O3. The Morgan fingerprint density at radius 1 is 1.21 bits per heavy atom. The summed E-state index contributed by atoms with van der Waals surface area (Å²) in [4.78, 5) is 21.5. The average molecular weight is 394 g/mol. The van der Waals surface area contributed by atoms with Gasteiger partial charge >= 0.3 is 0 Å². The molecule has 0 saturated heterocycles.